The summed E-state index contributed by atoms with van der Waals surface area (Å²) >= 11 is 0. The normalized spacial score (nSPS) is 16.0. The second-order valence-electron chi connectivity index (χ2n) is 6.28. The number of nitrogens with zero attached hydrogens (tertiary/aromatic N) is 4. The summed E-state index contributed by atoms with van der Waals surface area (Å²) in [6.07, 6.45) is 0. The number of amides is 1. The van der Waals surface area contributed by atoms with E-state index >= 15 is 0 Å². The minimum absolute atomic E-state index is 0.0416. The molecule has 0 fully saturated rings. The highest BCUT2D eigenvalue weighted by Crippen LogP contribution is 2.38. The number of benzene rings is 1. The predicted molar refractivity (Wildman–Crippen MR) is 96.3 cm³/mol. The molecule has 2 heterocycles. The second kappa shape index (κ2) is 7.83. The monoisotopic (exact) mass is 376 g/mol. The molecule has 2 aromatic rings. The Balaban J connectivity index is 1.90. The Morgan fingerprint density at radius 2 is 1.78 bits per heavy atom. The zero-order valence-electron chi connectivity index (χ0n) is 16.2. The number of fused-ring (bicyclic) bond motifs is 1. The van der Waals surface area contributed by atoms with E-state index in [1.165, 1.54) is 21.3 Å². The number of carbonyl (C=O) groups excluding carboxylic acids is 1. The van der Waals surface area contributed by atoms with Crippen LogP contribution in [0.3, 0.4) is 0 Å². The molecule has 9 heteroatoms. The Bertz CT molecular complexity index is 810. The van der Waals surface area contributed by atoms with E-state index in [1.807, 2.05) is 11.5 Å². The third-order valence-electron chi connectivity index (χ3n) is 4.57. The minimum atomic E-state index is -0.136. The van der Waals surface area contributed by atoms with Gasteiger partial charge in [0.15, 0.2) is 23.1 Å². The van der Waals surface area contributed by atoms with Crippen LogP contribution in [0.25, 0.3) is 0 Å². The number of ether oxygens (including phenoxy) is 4. The maximum atomic E-state index is 13.1. The third kappa shape index (κ3) is 3.42. The number of methoxy groups -OCH3 is 4. The molecule has 1 aromatic carbocycles. The molecule has 1 atom stereocenters. The zero-order chi connectivity index (χ0) is 19.6. The Labute approximate surface area is 157 Å². The highest BCUT2D eigenvalue weighted by Gasteiger charge is 2.30. The summed E-state index contributed by atoms with van der Waals surface area (Å²) in [6.45, 7) is 3.33. The van der Waals surface area contributed by atoms with E-state index in [-0.39, 0.29) is 11.9 Å². The average molecular weight is 376 g/mol. The highest BCUT2D eigenvalue weighted by molar-refractivity contribution is 5.95. The van der Waals surface area contributed by atoms with Crippen molar-refractivity contribution in [3.05, 3.63) is 29.3 Å². The van der Waals surface area contributed by atoms with Gasteiger partial charge in [-0.25, -0.2) is 0 Å². The van der Waals surface area contributed by atoms with Crippen LogP contribution < -0.4 is 14.2 Å². The first kappa shape index (κ1) is 19.0. The summed E-state index contributed by atoms with van der Waals surface area (Å²) in [5.74, 6) is 2.70. The van der Waals surface area contributed by atoms with Gasteiger partial charge in [0.25, 0.3) is 5.91 Å². The van der Waals surface area contributed by atoms with Gasteiger partial charge in [-0.2, -0.15) is 0 Å². The molecule has 0 unspecified atom stereocenters. The smallest absolute Gasteiger partial charge is 0.254 e. The summed E-state index contributed by atoms with van der Waals surface area (Å²) in [7, 11) is 6.19. The maximum Gasteiger partial charge on any atom is 0.254 e. The van der Waals surface area contributed by atoms with Crippen molar-refractivity contribution in [2.24, 2.45) is 0 Å². The van der Waals surface area contributed by atoms with Crippen molar-refractivity contribution in [1.29, 1.82) is 0 Å². The van der Waals surface area contributed by atoms with Gasteiger partial charge >= 0.3 is 0 Å². The molecule has 1 aliphatic rings. The largest absolute Gasteiger partial charge is 0.493 e. The molecule has 0 spiro atoms. The van der Waals surface area contributed by atoms with Crippen LogP contribution in [-0.4, -0.2) is 60.6 Å². The van der Waals surface area contributed by atoms with Crippen molar-refractivity contribution in [3.8, 4) is 17.2 Å². The van der Waals surface area contributed by atoms with Gasteiger partial charge in [0, 0.05) is 19.2 Å². The number of hydrogen-bond donors (Lipinski definition) is 0. The molecule has 1 amide bonds. The lowest BCUT2D eigenvalue weighted by Gasteiger charge is -2.32. The van der Waals surface area contributed by atoms with Crippen LogP contribution in [0.4, 0.5) is 0 Å². The highest BCUT2D eigenvalue weighted by atomic mass is 16.5. The predicted octanol–water partition coefficient (Wildman–Crippen LogP) is 1.67. The van der Waals surface area contributed by atoms with Crippen molar-refractivity contribution >= 4 is 5.91 Å². The third-order valence-corrected chi connectivity index (χ3v) is 4.57. The van der Waals surface area contributed by atoms with Crippen LogP contribution in [-0.2, 0) is 17.9 Å². The lowest BCUT2D eigenvalue weighted by atomic mass is 10.1. The van der Waals surface area contributed by atoms with Crippen LogP contribution in [0.15, 0.2) is 12.1 Å². The van der Waals surface area contributed by atoms with Gasteiger partial charge in [0.2, 0.25) is 5.75 Å². The second-order valence-corrected chi connectivity index (χ2v) is 6.28. The van der Waals surface area contributed by atoms with Crippen molar-refractivity contribution < 1.29 is 23.7 Å². The molecule has 1 aliphatic heterocycles. The van der Waals surface area contributed by atoms with Gasteiger partial charge in [0.05, 0.1) is 33.9 Å². The van der Waals surface area contributed by atoms with E-state index in [2.05, 4.69) is 10.2 Å². The molecule has 0 N–H and O–H groups in total. The zero-order valence-corrected chi connectivity index (χ0v) is 16.2. The van der Waals surface area contributed by atoms with Crippen LogP contribution in [0.2, 0.25) is 0 Å². The lowest BCUT2D eigenvalue weighted by molar-refractivity contribution is 0.0674. The fourth-order valence-electron chi connectivity index (χ4n) is 3.38. The van der Waals surface area contributed by atoms with Crippen LogP contribution >= 0.6 is 0 Å². The van der Waals surface area contributed by atoms with Gasteiger partial charge in [-0.1, -0.05) is 0 Å². The molecule has 146 valence electrons. The van der Waals surface area contributed by atoms with Gasteiger partial charge in [0.1, 0.15) is 6.61 Å². The molecule has 0 saturated heterocycles. The number of carbonyl (C=O) groups is 1. The van der Waals surface area contributed by atoms with E-state index in [4.69, 9.17) is 18.9 Å². The molecule has 3 rings (SSSR count). The molecule has 1 aromatic heterocycles. The van der Waals surface area contributed by atoms with Crippen molar-refractivity contribution in [2.45, 2.75) is 26.1 Å². The van der Waals surface area contributed by atoms with Crippen molar-refractivity contribution in [2.75, 3.05) is 35.0 Å². The average Bonchev–Trinajstić information content (AvgIpc) is 3.09. The lowest BCUT2D eigenvalue weighted by Crippen LogP contribution is -2.40. The fraction of sp³-hybridized carbons (Fsp3) is 0.500. The van der Waals surface area contributed by atoms with E-state index in [0.717, 1.165) is 11.6 Å². The summed E-state index contributed by atoms with van der Waals surface area (Å²) in [6, 6.07) is 3.36. The molecule has 0 aliphatic carbocycles. The SMILES string of the molecule is COCc1nnc2n1[C@@H](C)CN(C(=O)c1cc(OC)c(OC)c(OC)c1)C2. The molecule has 0 saturated carbocycles. The molecule has 0 radical (unpaired) electrons. The number of hydrogen-bond acceptors (Lipinski definition) is 7. The van der Waals surface area contributed by atoms with E-state index in [0.29, 0.717) is 42.5 Å². The maximum absolute atomic E-state index is 13.1. The fourth-order valence-corrected chi connectivity index (χ4v) is 3.38. The number of rotatable bonds is 6. The standard InChI is InChI=1S/C18H24N4O5/c1-11-8-21(9-15-19-20-16(10-24-2)22(11)15)18(23)12-6-13(25-3)17(27-5)14(7-12)26-4/h6-7,11H,8-10H2,1-5H3/t11-/m0/s1. The van der Waals surface area contributed by atoms with Crippen LogP contribution in [0.5, 0.6) is 17.2 Å². The van der Waals surface area contributed by atoms with Crippen LogP contribution in [0, 0.1) is 0 Å². The molecule has 0 bridgehead atoms. The Hall–Kier alpha value is -2.81. The molecule has 27 heavy (non-hydrogen) atoms. The molecular formula is C18H24N4O5. The molecular weight excluding hydrogens is 352 g/mol. The van der Waals surface area contributed by atoms with Crippen molar-refractivity contribution in [1.82, 2.24) is 19.7 Å². The van der Waals surface area contributed by atoms with Gasteiger partial charge in [-0.3, -0.25) is 4.79 Å². The topological polar surface area (TPSA) is 87.9 Å². The van der Waals surface area contributed by atoms with Gasteiger partial charge in [-0.15, -0.1) is 10.2 Å². The van der Waals surface area contributed by atoms with E-state index in [1.54, 1.807) is 24.1 Å². The van der Waals surface area contributed by atoms with Gasteiger partial charge < -0.3 is 28.4 Å². The summed E-state index contributed by atoms with van der Waals surface area (Å²) in [4.78, 5) is 14.9. The first-order valence-corrected chi connectivity index (χ1v) is 8.54. The van der Waals surface area contributed by atoms with Crippen molar-refractivity contribution in [3.63, 3.8) is 0 Å². The number of aromatic nitrogens is 3. The summed E-state index contributed by atoms with van der Waals surface area (Å²) in [5.41, 5.74) is 0.460. The quantitative estimate of drug-likeness (QED) is 0.758. The Morgan fingerprint density at radius 3 is 2.33 bits per heavy atom. The summed E-state index contributed by atoms with van der Waals surface area (Å²) in [5, 5.41) is 8.39. The molecule has 9 nitrogen and oxygen atoms in total. The van der Waals surface area contributed by atoms with Gasteiger partial charge in [-0.05, 0) is 19.1 Å². The first-order valence-electron chi connectivity index (χ1n) is 8.54. The van der Waals surface area contributed by atoms with E-state index < -0.39 is 0 Å². The van der Waals surface area contributed by atoms with E-state index in [9.17, 15) is 4.79 Å². The van der Waals surface area contributed by atoms with Crippen LogP contribution in [0.1, 0.15) is 35.0 Å². The summed E-state index contributed by atoms with van der Waals surface area (Å²) < 4.78 is 23.2. The Kier molecular flexibility index (Phi) is 5.50. The Morgan fingerprint density at radius 1 is 1.11 bits per heavy atom. The first-order chi connectivity index (χ1) is 13.0. The minimum Gasteiger partial charge on any atom is -0.493 e.